The van der Waals surface area contributed by atoms with E-state index >= 15 is 0 Å². The molecule has 368 valence electrons. The van der Waals surface area contributed by atoms with Gasteiger partial charge in [-0.05, 0) is 64.2 Å². The van der Waals surface area contributed by atoms with Crippen molar-refractivity contribution >= 4 is 17.9 Å². The quantitative estimate of drug-likeness (QED) is 0.0259. The molecule has 0 bridgehead atoms. The van der Waals surface area contributed by atoms with Crippen LogP contribution in [0, 0.1) is 0 Å². The summed E-state index contributed by atoms with van der Waals surface area (Å²) in [6.45, 7) is 4.53. The molecule has 0 aromatic rings. The molecule has 0 amide bonds. The fourth-order valence-corrected chi connectivity index (χ4v) is 7.37. The van der Waals surface area contributed by atoms with Gasteiger partial charge in [0, 0.05) is 19.3 Å². The Bertz CT molecular complexity index is 1270. The number of ether oxygens (including phenoxy) is 3. The number of esters is 2. The fraction of sp³-hybridized carbons (Fsp3) is 0.732. The van der Waals surface area contributed by atoms with Gasteiger partial charge in [-0.15, -0.1) is 0 Å². The first-order valence-electron chi connectivity index (χ1n) is 26.0. The standard InChI is InChI=1S/C56H97NO7/c1-6-8-10-12-14-16-18-20-22-24-26-27-28-29-31-32-34-36-38-40-42-44-46-54(58)63-51-52(50-62-49-48-53(56(60)61)57(3,4)5)64-55(59)47-45-43-41-39-37-35-33-30-25-23-21-19-17-15-13-11-9-7-2/h8,10,14,16,20,22,26-27,29,31,34,36,52-53H,6-7,9,11-13,15,17-19,21,23-25,28,30,32-33,35,37-51H2,1-5H3/b10-8+,16-14+,22-20+,27-26+,31-29+,36-34+. The molecule has 8 nitrogen and oxygen atoms in total. The van der Waals surface area contributed by atoms with Gasteiger partial charge in [-0.3, -0.25) is 9.59 Å². The van der Waals surface area contributed by atoms with E-state index in [0.29, 0.717) is 12.8 Å². The molecule has 0 spiro atoms. The topological polar surface area (TPSA) is 102 Å². The van der Waals surface area contributed by atoms with Crippen molar-refractivity contribution in [3.63, 3.8) is 0 Å². The van der Waals surface area contributed by atoms with E-state index in [2.05, 4.69) is 86.8 Å². The number of carboxylic acids is 1. The molecule has 64 heavy (non-hydrogen) atoms. The Kier molecular flexibility index (Phi) is 44.0. The summed E-state index contributed by atoms with van der Waals surface area (Å²) < 4.78 is 17.2. The number of carbonyl (C=O) groups excluding carboxylic acids is 3. The number of hydrogen-bond donors (Lipinski definition) is 0. The molecule has 0 heterocycles. The predicted octanol–water partition coefficient (Wildman–Crippen LogP) is 13.8. The summed E-state index contributed by atoms with van der Waals surface area (Å²) in [5, 5.41) is 11.7. The molecular formula is C56H97NO7. The summed E-state index contributed by atoms with van der Waals surface area (Å²) in [6, 6.07) is -0.734. The van der Waals surface area contributed by atoms with Crippen LogP contribution in [-0.4, -0.2) is 75.5 Å². The summed E-state index contributed by atoms with van der Waals surface area (Å²) in [5.41, 5.74) is 0. The number of hydrogen-bond acceptors (Lipinski definition) is 7. The minimum Gasteiger partial charge on any atom is -0.544 e. The van der Waals surface area contributed by atoms with E-state index in [1.54, 1.807) is 21.1 Å². The second-order valence-electron chi connectivity index (χ2n) is 18.4. The van der Waals surface area contributed by atoms with Gasteiger partial charge in [0.2, 0.25) is 0 Å². The van der Waals surface area contributed by atoms with Crippen LogP contribution < -0.4 is 5.11 Å². The van der Waals surface area contributed by atoms with Crippen molar-refractivity contribution in [3.8, 4) is 0 Å². The lowest BCUT2D eigenvalue weighted by Gasteiger charge is -2.34. The maximum atomic E-state index is 12.8. The molecule has 0 saturated heterocycles. The van der Waals surface area contributed by atoms with Crippen molar-refractivity contribution in [3.05, 3.63) is 72.9 Å². The first-order chi connectivity index (χ1) is 31.1. The molecule has 0 aliphatic carbocycles. The third-order valence-corrected chi connectivity index (χ3v) is 11.4. The maximum Gasteiger partial charge on any atom is 0.306 e. The smallest absolute Gasteiger partial charge is 0.306 e. The third kappa shape index (κ3) is 44.0. The number of rotatable bonds is 46. The monoisotopic (exact) mass is 896 g/mol. The molecule has 0 saturated carbocycles. The maximum absolute atomic E-state index is 12.8. The molecule has 0 aromatic heterocycles. The van der Waals surface area contributed by atoms with Gasteiger partial charge in [0.25, 0.3) is 0 Å². The Morgan fingerprint density at radius 2 is 0.875 bits per heavy atom. The van der Waals surface area contributed by atoms with Crippen LogP contribution in [0.2, 0.25) is 0 Å². The van der Waals surface area contributed by atoms with Crippen LogP contribution >= 0.6 is 0 Å². The molecular weight excluding hydrogens is 799 g/mol. The van der Waals surface area contributed by atoms with Crippen molar-refractivity contribution in [2.75, 3.05) is 41.0 Å². The van der Waals surface area contributed by atoms with Crippen molar-refractivity contribution in [1.29, 1.82) is 0 Å². The molecule has 0 aromatic carbocycles. The number of likely N-dealkylation sites (N-methyl/N-ethyl adjacent to an activating group) is 1. The van der Waals surface area contributed by atoms with E-state index in [0.717, 1.165) is 83.5 Å². The molecule has 2 unspecified atom stereocenters. The lowest BCUT2D eigenvalue weighted by Crippen LogP contribution is -2.55. The molecule has 0 N–H and O–H groups in total. The van der Waals surface area contributed by atoms with Crippen LogP contribution in [0.3, 0.4) is 0 Å². The summed E-state index contributed by atoms with van der Waals surface area (Å²) in [4.78, 5) is 37.0. The molecule has 0 rings (SSSR count). The molecule has 2 atom stereocenters. The second kappa shape index (κ2) is 46.3. The van der Waals surface area contributed by atoms with Gasteiger partial charge in [-0.2, -0.15) is 0 Å². The van der Waals surface area contributed by atoms with Gasteiger partial charge in [-0.1, -0.05) is 202 Å². The predicted molar refractivity (Wildman–Crippen MR) is 268 cm³/mol. The Morgan fingerprint density at radius 3 is 1.30 bits per heavy atom. The van der Waals surface area contributed by atoms with Gasteiger partial charge >= 0.3 is 11.9 Å². The van der Waals surface area contributed by atoms with E-state index in [1.807, 2.05) is 0 Å². The SMILES string of the molecule is CC/C=C/C/C=C/C/C=C/C/C=C/C/C=C/C/C=C/CCCCCC(=O)OCC(COCCC(C(=O)[O-])[N+](C)(C)C)OC(=O)CCCCCCCCCCCCCCCCCCCC. The highest BCUT2D eigenvalue weighted by Gasteiger charge is 2.25. The zero-order valence-corrected chi connectivity index (χ0v) is 41.9. The fourth-order valence-electron chi connectivity index (χ4n) is 7.37. The average molecular weight is 896 g/mol. The van der Waals surface area contributed by atoms with Crippen molar-refractivity contribution in [2.45, 2.75) is 225 Å². The van der Waals surface area contributed by atoms with Gasteiger partial charge in [0.15, 0.2) is 6.10 Å². The van der Waals surface area contributed by atoms with Gasteiger partial charge in [-0.25, -0.2) is 0 Å². The van der Waals surface area contributed by atoms with Gasteiger partial charge in [0.1, 0.15) is 12.6 Å². The van der Waals surface area contributed by atoms with Crippen LogP contribution in [0.4, 0.5) is 0 Å². The lowest BCUT2D eigenvalue weighted by molar-refractivity contribution is -0.889. The summed E-state index contributed by atoms with van der Waals surface area (Å²) in [5.74, 6) is -1.77. The number of quaternary nitrogens is 1. The number of nitrogens with zero attached hydrogens (tertiary/aromatic N) is 1. The Hall–Kier alpha value is -3.23. The minimum absolute atomic E-state index is 0.0288. The first-order valence-corrected chi connectivity index (χ1v) is 26.0. The highest BCUT2D eigenvalue weighted by atomic mass is 16.6. The van der Waals surface area contributed by atoms with Crippen LogP contribution in [0.1, 0.15) is 213 Å². The zero-order valence-electron chi connectivity index (χ0n) is 41.9. The van der Waals surface area contributed by atoms with E-state index in [-0.39, 0.29) is 42.7 Å². The number of aliphatic carboxylic acids is 1. The Morgan fingerprint density at radius 1 is 0.484 bits per heavy atom. The number of allylic oxidation sites excluding steroid dienone is 12. The number of carboxylic acid groups (broad SMARTS) is 1. The second-order valence-corrected chi connectivity index (χ2v) is 18.4. The molecule has 0 radical (unpaired) electrons. The van der Waals surface area contributed by atoms with Crippen molar-refractivity contribution in [2.24, 2.45) is 0 Å². The Balaban J connectivity index is 4.31. The van der Waals surface area contributed by atoms with E-state index < -0.39 is 18.1 Å². The normalized spacial score (nSPS) is 13.5. The van der Waals surface area contributed by atoms with E-state index in [1.165, 1.54) is 96.3 Å². The molecule has 0 aliphatic rings. The van der Waals surface area contributed by atoms with Crippen LogP contribution in [-0.2, 0) is 28.6 Å². The van der Waals surface area contributed by atoms with Gasteiger partial charge < -0.3 is 28.6 Å². The third-order valence-electron chi connectivity index (χ3n) is 11.4. The minimum atomic E-state index is -1.13. The number of carbonyl (C=O) groups is 3. The van der Waals surface area contributed by atoms with Crippen LogP contribution in [0.15, 0.2) is 72.9 Å². The average Bonchev–Trinajstić information content (AvgIpc) is 3.26. The highest BCUT2D eigenvalue weighted by molar-refractivity contribution is 5.70. The first kappa shape index (κ1) is 60.8. The largest absolute Gasteiger partial charge is 0.544 e. The van der Waals surface area contributed by atoms with Crippen molar-refractivity contribution in [1.82, 2.24) is 0 Å². The Labute approximate surface area is 393 Å². The van der Waals surface area contributed by atoms with Crippen LogP contribution in [0.5, 0.6) is 0 Å². The summed E-state index contributed by atoms with van der Waals surface area (Å²) >= 11 is 0. The van der Waals surface area contributed by atoms with E-state index in [4.69, 9.17) is 14.2 Å². The zero-order chi connectivity index (χ0) is 47.0. The van der Waals surface area contributed by atoms with E-state index in [9.17, 15) is 19.5 Å². The summed E-state index contributed by atoms with van der Waals surface area (Å²) in [6.07, 6.45) is 59.3. The molecule has 8 heteroatoms. The highest BCUT2D eigenvalue weighted by Crippen LogP contribution is 2.16. The molecule has 0 aliphatic heterocycles. The van der Waals surface area contributed by atoms with Crippen molar-refractivity contribution < 1.29 is 38.2 Å². The molecule has 0 fully saturated rings. The summed E-state index contributed by atoms with van der Waals surface area (Å²) in [7, 11) is 5.40. The van der Waals surface area contributed by atoms with Gasteiger partial charge in [0.05, 0.1) is 40.3 Å². The lowest BCUT2D eigenvalue weighted by atomic mass is 10.0. The number of unbranched alkanes of at least 4 members (excludes halogenated alkanes) is 20. The van der Waals surface area contributed by atoms with Crippen LogP contribution in [0.25, 0.3) is 0 Å².